The summed E-state index contributed by atoms with van der Waals surface area (Å²) >= 11 is 1.98. The van der Waals surface area contributed by atoms with Gasteiger partial charge in [-0.2, -0.15) is 11.8 Å². The van der Waals surface area contributed by atoms with Gasteiger partial charge in [-0.1, -0.05) is 13.8 Å². The highest BCUT2D eigenvalue weighted by molar-refractivity contribution is 7.99. The summed E-state index contributed by atoms with van der Waals surface area (Å²) in [4.78, 5) is 11.7. The minimum absolute atomic E-state index is 0.0869. The predicted molar refractivity (Wildman–Crippen MR) is 75.4 cm³/mol. The van der Waals surface area contributed by atoms with Gasteiger partial charge in [0.25, 0.3) is 0 Å². The fourth-order valence-corrected chi connectivity index (χ4v) is 3.59. The normalized spacial score (nSPS) is 24.4. The maximum atomic E-state index is 11.7. The summed E-state index contributed by atoms with van der Waals surface area (Å²) in [6, 6.07) is 0.437. The molecule has 0 radical (unpaired) electrons. The van der Waals surface area contributed by atoms with Crippen molar-refractivity contribution in [2.45, 2.75) is 52.6 Å². The summed E-state index contributed by atoms with van der Waals surface area (Å²) in [6.45, 7) is 11.0. The molecule has 1 amide bonds. The average Bonchev–Trinajstić information content (AvgIpc) is 2.12. The van der Waals surface area contributed by atoms with Crippen molar-refractivity contribution in [1.29, 1.82) is 0 Å². The topological polar surface area (TPSA) is 41.1 Å². The van der Waals surface area contributed by atoms with Crippen molar-refractivity contribution in [3.63, 3.8) is 0 Å². The zero-order chi connectivity index (χ0) is 13.1. The molecular weight excluding hydrogens is 232 g/mol. The summed E-state index contributed by atoms with van der Waals surface area (Å²) in [7, 11) is 0. The van der Waals surface area contributed by atoms with E-state index in [-0.39, 0.29) is 11.4 Å². The number of hydrogen-bond donors (Lipinski definition) is 2. The Kier molecular flexibility index (Phi) is 4.90. The van der Waals surface area contributed by atoms with Crippen molar-refractivity contribution >= 4 is 17.7 Å². The van der Waals surface area contributed by atoms with Crippen LogP contribution in [0.15, 0.2) is 0 Å². The number of carbonyl (C=O) groups excluding carboxylic acids is 1. The molecule has 1 unspecified atom stereocenters. The van der Waals surface area contributed by atoms with Crippen LogP contribution in [0.25, 0.3) is 0 Å². The minimum Gasteiger partial charge on any atom is -0.350 e. The van der Waals surface area contributed by atoms with Crippen LogP contribution >= 0.6 is 11.8 Å². The van der Waals surface area contributed by atoms with E-state index < -0.39 is 0 Å². The van der Waals surface area contributed by atoms with E-state index in [4.69, 9.17) is 0 Å². The molecule has 17 heavy (non-hydrogen) atoms. The van der Waals surface area contributed by atoms with Crippen LogP contribution < -0.4 is 10.6 Å². The van der Waals surface area contributed by atoms with Gasteiger partial charge in [0.05, 0.1) is 6.54 Å². The lowest BCUT2D eigenvalue weighted by atomic mass is 9.82. The van der Waals surface area contributed by atoms with Crippen LogP contribution in [0.4, 0.5) is 0 Å². The molecule has 1 heterocycles. The first kappa shape index (κ1) is 14.8. The Balaban J connectivity index is 2.37. The van der Waals surface area contributed by atoms with Crippen molar-refractivity contribution in [2.75, 3.05) is 18.1 Å². The fourth-order valence-electron chi connectivity index (χ4n) is 1.95. The fraction of sp³-hybridized carbons (Fsp3) is 0.923. The molecular formula is C13H26N2OS. The molecule has 1 rings (SSSR count). The quantitative estimate of drug-likeness (QED) is 0.814. The number of carbonyl (C=O) groups is 1. The zero-order valence-electron chi connectivity index (χ0n) is 11.7. The summed E-state index contributed by atoms with van der Waals surface area (Å²) in [5.41, 5.74) is 0.156. The van der Waals surface area contributed by atoms with Gasteiger partial charge in [-0.3, -0.25) is 4.79 Å². The summed E-state index contributed by atoms with van der Waals surface area (Å²) in [5, 5.41) is 6.38. The summed E-state index contributed by atoms with van der Waals surface area (Å²) in [5.74, 6) is 2.43. The van der Waals surface area contributed by atoms with Crippen LogP contribution in [0.2, 0.25) is 0 Å². The van der Waals surface area contributed by atoms with E-state index in [0.29, 0.717) is 18.0 Å². The lowest BCUT2D eigenvalue weighted by Crippen LogP contribution is -2.51. The highest BCUT2D eigenvalue weighted by Crippen LogP contribution is 2.33. The predicted octanol–water partition coefficient (Wildman–Crippen LogP) is 2.02. The molecule has 1 aliphatic heterocycles. The second-order valence-electron chi connectivity index (χ2n) is 6.55. The van der Waals surface area contributed by atoms with Gasteiger partial charge >= 0.3 is 0 Å². The molecule has 3 nitrogen and oxygen atoms in total. The average molecular weight is 258 g/mol. The third kappa shape index (κ3) is 5.30. The molecule has 0 saturated carbocycles. The summed E-state index contributed by atoms with van der Waals surface area (Å²) in [6.07, 6.45) is 1.22. The highest BCUT2D eigenvalue weighted by Gasteiger charge is 2.32. The van der Waals surface area contributed by atoms with Gasteiger partial charge in [0.15, 0.2) is 0 Å². The van der Waals surface area contributed by atoms with E-state index in [0.717, 1.165) is 5.75 Å². The van der Waals surface area contributed by atoms with E-state index in [1.807, 2.05) is 32.5 Å². The first-order valence-corrected chi connectivity index (χ1v) is 7.48. The van der Waals surface area contributed by atoms with Gasteiger partial charge in [-0.15, -0.1) is 0 Å². The van der Waals surface area contributed by atoms with Crippen molar-refractivity contribution < 1.29 is 4.79 Å². The molecule has 0 aromatic rings. The molecule has 4 heteroatoms. The first-order chi connectivity index (χ1) is 7.71. The van der Waals surface area contributed by atoms with Crippen molar-refractivity contribution in [2.24, 2.45) is 5.41 Å². The van der Waals surface area contributed by atoms with E-state index in [1.165, 1.54) is 12.2 Å². The second kappa shape index (κ2) is 5.61. The van der Waals surface area contributed by atoms with Gasteiger partial charge in [0, 0.05) is 17.3 Å². The first-order valence-electron chi connectivity index (χ1n) is 6.33. The molecule has 1 atom stereocenters. The number of thioether (sulfide) groups is 1. The Hall–Kier alpha value is -0.220. The smallest absolute Gasteiger partial charge is 0.234 e. The molecule has 0 aliphatic carbocycles. The molecule has 0 aromatic carbocycles. The molecule has 0 spiro atoms. The Labute approximate surface area is 109 Å². The van der Waals surface area contributed by atoms with E-state index in [1.54, 1.807) is 0 Å². The lowest BCUT2D eigenvalue weighted by Gasteiger charge is -2.38. The molecule has 1 saturated heterocycles. The molecule has 1 fully saturated rings. The number of rotatable bonds is 3. The van der Waals surface area contributed by atoms with Crippen molar-refractivity contribution in [3.05, 3.63) is 0 Å². The van der Waals surface area contributed by atoms with Crippen LogP contribution in [0.5, 0.6) is 0 Å². The Bertz CT molecular complexity index is 271. The highest BCUT2D eigenvalue weighted by atomic mass is 32.2. The Morgan fingerprint density at radius 1 is 1.41 bits per heavy atom. The third-order valence-corrected chi connectivity index (χ3v) is 4.20. The maximum Gasteiger partial charge on any atom is 0.234 e. The van der Waals surface area contributed by atoms with Gasteiger partial charge in [0.1, 0.15) is 0 Å². The standard InChI is InChI=1S/C13H26N2OS/c1-12(2,3)15-11(16)8-14-10-9-17-7-6-13(10,4)5/h10,14H,6-9H2,1-5H3,(H,15,16). The number of hydrogen-bond acceptors (Lipinski definition) is 3. The Morgan fingerprint density at radius 2 is 2.06 bits per heavy atom. The van der Waals surface area contributed by atoms with Gasteiger partial charge in [0.2, 0.25) is 5.91 Å². The second-order valence-corrected chi connectivity index (χ2v) is 7.69. The van der Waals surface area contributed by atoms with Crippen LogP contribution in [0, 0.1) is 5.41 Å². The maximum absolute atomic E-state index is 11.7. The molecule has 0 aromatic heterocycles. The monoisotopic (exact) mass is 258 g/mol. The molecule has 0 bridgehead atoms. The van der Waals surface area contributed by atoms with Gasteiger partial charge in [-0.25, -0.2) is 0 Å². The SMILES string of the molecule is CC(C)(C)NC(=O)CNC1CSCCC1(C)C. The van der Waals surface area contributed by atoms with Crippen LogP contribution in [-0.2, 0) is 4.79 Å². The number of nitrogens with one attached hydrogen (secondary N) is 2. The van der Waals surface area contributed by atoms with E-state index >= 15 is 0 Å². The van der Waals surface area contributed by atoms with E-state index in [2.05, 4.69) is 24.5 Å². The van der Waals surface area contributed by atoms with Crippen LogP contribution in [0.3, 0.4) is 0 Å². The third-order valence-electron chi connectivity index (χ3n) is 3.14. The summed E-state index contributed by atoms with van der Waals surface area (Å²) < 4.78 is 0. The van der Waals surface area contributed by atoms with E-state index in [9.17, 15) is 4.79 Å². The molecule has 1 aliphatic rings. The number of amides is 1. The van der Waals surface area contributed by atoms with Crippen molar-refractivity contribution in [3.8, 4) is 0 Å². The van der Waals surface area contributed by atoms with Crippen LogP contribution in [0.1, 0.15) is 41.0 Å². The van der Waals surface area contributed by atoms with Crippen molar-refractivity contribution in [1.82, 2.24) is 10.6 Å². The Morgan fingerprint density at radius 3 is 2.59 bits per heavy atom. The van der Waals surface area contributed by atoms with Gasteiger partial charge in [-0.05, 0) is 38.4 Å². The van der Waals surface area contributed by atoms with Gasteiger partial charge < -0.3 is 10.6 Å². The lowest BCUT2D eigenvalue weighted by molar-refractivity contribution is -0.121. The largest absolute Gasteiger partial charge is 0.350 e. The molecule has 2 N–H and O–H groups in total. The zero-order valence-corrected chi connectivity index (χ0v) is 12.5. The molecule has 100 valence electrons. The van der Waals surface area contributed by atoms with Crippen LogP contribution in [-0.4, -0.2) is 35.5 Å². The minimum atomic E-state index is -0.143.